The molecule has 2 nitrogen and oxygen atoms in total. The SMILES string of the molecule is CCCCCCCCCCC(=O)OS(c1ccccc1)(c1ccccc1)c1ccccc1. The molecule has 0 bridgehead atoms. The lowest BCUT2D eigenvalue weighted by Gasteiger charge is -2.39. The molecule has 0 heterocycles. The van der Waals surface area contributed by atoms with Crippen molar-refractivity contribution in [1.29, 1.82) is 0 Å². The highest BCUT2D eigenvalue weighted by Gasteiger charge is 2.35. The molecule has 170 valence electrons. The second kappa shape index (κ2) is 13.1. The molecule has 0 aliphatic heterocycles. The number of rotatable bonds is 13. The molecular weight excluding hydrogens is 412 g/mol. The zero-order chi connectivity index (χ0) is 22.5. The number of carbonyl (C=O) groups is 1. The van der Waals surface area contributed by atoms with Gasteiger partial charge in [0.25, 0.3) is 0 Å². The van der Waals surface area contributed by atoms with Gasteiger partial charge in [-0.25, -0.2) is 0 Å². The maximum Gasteiger partial charge on any atom is 0.317 e. The zero-order valence-electron chi connectivity index (χ0n) is 19.2. The number of hydrogen-bond donors (Lipinski definition) is 0. The van der Waals surface area contributed by atoms with E-state index in [9.17, 15) is 4.79 Å². The zero-order valence-corrected chi connectivity index (χ0v) is 20.1. The van der Waals surface area contributed by atoms with Crippen LogP contribution in [-0.2, 0) is 8.98 Å². The molecule has 0 saturated carbocycles. The standard InChI is InChI=1S/C29H36O2S/c1-2-3-4-5-6-7-8-18-25-29(30)31-32(26-19-12-9-13-20-26,27-21-14-10-15-22-27)28-23-16-11-17-24-28/h9-17,19-24H,2-8,18,25H2,1H3. The van der Waals surface area contributed by atoms with Crippen LogP contribution in [0.2, 0.25) is 0 Å². The van der Waals surface area contributed by atoms with Gasteiger partial charge in [0.2, 0.25) is 0 Å². The van der Waals surface area contributed by atoms with Crippen molar-refractivity contribution in [3.05, 3.63) is 91.0 Å². The van der Waals surface area contributed by atoms with Gasteiger partial charge in [0.1, 0.15) is 0 Å². The van der Waals surface area contributed by atoms with Crippen molar-refractivity contribution in [2.45, 2.75) is 79.4 Å². The summed E-state index contributed by atoms with van der Waals surface area (Å²) in [6.45, 7) is 2.24. The number of benzene rings is 3. The Morgan fingerprint density at radius 2 is 0.969 bits per heavy atom. The Morgan fingerprint density at radius 3 is 1.38 bits per heavy atom. The maximum absolute atomic E-state index is 13.2. The fraction of sp³-hybridized carbons (Fsp3) is 0.345. The van der Waals surface area contributed by atoms with Crippen LogP contribution in [0.15, 0.2) is 106 Å². The predicted octanol–water partition coefficient (Wildman–Crippen LogP) is 8.96. The van der Waals surface area contributed by atoms with E-state index < -0.39 is 10.3 Å². The summed E-state index contributed by atoms with van der Waals surface area (Å²) in [4.78, 5) is 16.3. The summed E-state index contributed by atoms with van der Waals surface area (Å²) in [6.07, 6.45) is 10.2. The van der Waals surface area contributed by atoms with Gasteiger partial charge in [-0.15, -0.1) is 0 Å². The fourth-order valence-electron chi connectivity index (χ4n) is 3.97. The minimum Gasteiger partial charge on any atom is -0.402 e. The first kappa shape index (κ1) is 24.1. The molecule has 0 N–H and O–H groups in total. The molecule has 0 atom stereocenters. The van der Waals surface area contributed by atoms with E-state index >= 15 is 0 Å². The van der Waals surface area contributed by atoms with E-state index in [1.54, 1.807) is 0 Å². The fourth-order valence-corrected chi connectivity index (χ4v) is 7.06. The lowest BCUT2D eigenvalue weighted by atomic mass is 10.1. The van der Waals surface area contributed by atoms with Crippen LogP contribution in [0.5, 0.6) is 0 Å². The Morgan fingerprint density at radius 1 is 0.594 bits per heavy atom. The van der Waals surface area contributed by atoms with Gasteiger partial charge in [-0.05, 0) is 53.1 Å². The van der Waals surface area contributed by atoms with Crippen molar-refractivity contribution in [1.82, 2.24) is 0 Å². The third-order valence-corrected chi connectivity index (χ3v) is 8.92. The summed E-state index contributed by atoms with van der Waals surface area (Å²) < 4.78 is 6.50. The third-order valence-electron chi connectivity index (χ3n) is 5.68. The maximum atomic E-state index is 13.2. The van der Waals surface area contributed by atoms with Gasteiger partial charge in [-0.1, -0.05) is 106 Å². The summed E-state index contributed by atoms with van der Waals surface area (Å²) in [5.74, 6) is -0.109. The van der Waals surface area contributed by atoms with Crippen molar-refractivity contribution in [2.75, 3.05) is 0 Å². The molecule has 0 fully saturated rings. The largest absolute Gasteiger partial charge is 0.402 e. The Labute approximate surface area is 195 Å². The quantitative estimate of drug-likeness (QED) is 0.244. The topological polar surface area (TPSA) is 26.3 Å². The predicted molar refractivity (Wildman–Crippen MR) is 135 cm³/mol. The summed E-state index contributed by atoms with van der Waals surface area (Å²) in [5.41, 5.74) is 0. The summed E-state index contributed by atoms with van der Waals surface area (Å²) in [7, 11) is -2.14. The van der Waals surface area contributed by atoms with Gasteiger partial charge in [0.15, 0.2) is 0 Å². The summed E-state index contributed by atoms with van der Waals surface area (Å²) >= 11 is 0. The highest BCUT2D eigenvalue weighted by atomic mass is 32.3. The summed E-state index contributed by atoms with van der Waals surface area (Å²) in [6, 6.07) is 30.7. The van der Waals surface area contributed by atoms with Crippen LogP contribution in [0, 0.1) is 0 Å². The van der Waals surface area contributed by atoms with Gasteiger partial charge in [-0.2, -0.15) is 0 Å². The van der Waals surface area contributed by atoms with Crippen LogP contribution in [0.25, 0.3) is 0 Å². The minimum absolute atomic E-state index is 0.109. The van der Waals surface area contributed by atoms with Crippen molar-refractivity contribution >= 4 is 16.3 Å². The molecule has 0 unspecified atom stereocenters. The van der Waals surface area contributed by atoms with Crippen LogP contribution in [0.1, 0.15) is 64.7 Å². The monoisotopic (exact) mass is 448 g/mol. The molecule has 3 heteroatoms. The minimum atomic E-state index is -2.14. The number of carbonyl (C=O) groups excluding carboxylic acids is 1. The van der Waals surface area contributed by atoms with Crippen molar-refractivity contribution in [3.63, 3.8) is 0 Å². The van der Waals surface area contributed by atoms with E-state index in [0.717, 1.165) is 27.5 Å². The highest BCUT2D eigenvalue weighted by molar-refractivity contribution is 8.30. The molecule has 3 rings (SSSR count). The molecule has 0 aliphatic rings. The molecule has 0 radical (unpaired) electrons. The number of unbranched alkanes of at least 4 members (excludes halogenated alkanes) is 7. The van der Waals surface area contributed by atoms with Crippen LogP contribution in [0.4, 0.5) is 0 Å². The van der Waals surface area contributed by atoms with Gasteiger partial charge < -0.3 is 4.18 Å². The van der Waals surface area contributed by atoms with E-state index in [1.807, 2.05) is 54.6 Å². The Kier molecular flexibility index (Phi) is 9.90. The van der Waals surface area contributed by atoms with Crippen molar-refractivity contribution < 1.29 is 8.98 Å². The molecule has 0 amide bonds. The first-order valence-corrected chi connectivity index (χ1v) is 13.5. The van der Waals surface area contributed by atoms with Gasteiger partial charge in [-0.3, -0.25) is 4.79 Å². The van der Waals surface area contributed by atoms with E-state index in [4.69, 9.17) is 4.18 Å². The third kappa shape index (κ3) is 6.49. The van der Waals surface area contributed by atoms with Crippen LogP contribution >= 0.6 is 10.3 Å². The number of hydrogen-bond acceptors (Lipinski definition) is 2. The van der Waals surface area contributed by atoms with Crippen LogP contribution in [-0.4, -0.2) is 5.97 Å². The van der Waals surface area contributed by atoms with E-state index in [2.05, 4.69) is 43.3 Å². The normalized spacial score (nSPS) is 11.8. The average molecular weight is 449 g/mol. The van der Waals surface area contributed by atoms with E-state index in [-0.39, 0.29) is 5.97 Å². The molecule has 0 aromatic heterocycles. The van der Waals surface area contributed by atoms with Gasteiger partial charge in [0, 0.05) is 21.1 Å². The Bertz CT molecular complexity index is 813. The lowest BCUT2D eigenvalue weighted by molar-refractivity contribution is -0.133. The molecule has 0 spiro atoms. The molecule has 3 aromatic carbocycles. The molecule has 32 heavy (non-hydrogen) atoms. The van der Waals surface area contributed by atoms with Crippen molar-refractivity contribution in [2.24, 2.45) is 0 Å². The summed E-state index contributed by atoms with van der Waals surface area (Å²) in [5, 5.41) is 0. The van der Waals surface area contributed by atoms with Crippen molar-refractivity contribution in [3.8, 4) is 0 Å². The van der Waals surface area contributed by atoms with E-state index in [1.165, 1.54) is 38.5 Å². The molecular formula is C29H36O2S. The molecule has 0 aliphatic carbocycles. The molecule has 0 saturated heterocycles. The smallest absolute Gasteiger partial charge is 0.317 e. The second-order valence-electron chi connectivity index (χ2n) is 8.18. The van der Waals surface area contributed by atoms with E-state index in [0.29, 0.717) is 6.42 Å². The second-order valence-corrected chi connectivity index (χ2v) is 10.9. The Hall–Kier alpha value is -2.52. The van der Waals surface area contributed by atoms with Crippen LogP contribution < -0.4 is 0 Å². The first-order valence-electron chi connectivity index (χ1n) is 12.0. The molecule has 3 aromatic rings. The lowest BCUT2D eigenvalue weighted by Crippen LogP contribution is -2.13. The Balaban J connectivity index is 1.77. The van der Waals surface area contributed by atoms with Gasteiger partial charge >= 0.3 is 5.97 Å². The highest BCUT2D eigenvalue weighted by Crippen LogP contribution is 2.69. The van der Waals surface area contributed by atoms with Crippen LogP contribution in [0.3, 0.4) is 0 Å². The van der Waals surface area contributed by atoms with Gasteiger partial charge in [0.05, 0.1) is 0 Å². The first-order chi connectivity index (χ1) is 15.8. The average Bonchev–Trinajstić information content (AvgIpc) is 2.86.